The molecule has 4 rings (SSSR count). The summed E-state index contributed by atoms with van der Waals surface area (Å²) in [5.41, 5.74) is 9.26. The molecule has 0 bridgehead atoms. The van der Waals surface area contributed by atoms with Crippen LogP contribution in [-0.4, -0.2) is 17.2 Å². The third kappa shape index (κ3) is 10.1. The Kier molecular flexibility index (Phi) is 13.9. The van der Waals surface area contributed by atoms with Gasteiger partial charge < -0.3 is 14.2 Å². The first-order valence-electron chi connectivity index (χ1n) is 21.9. The lowest BCUT2D eigenvalue weighted by atomic mass is 9.65. The first kappa shape index (κ1) is 47.1. The minimum Gasteiger partial charge on any atom is -0.507 e. The summed E-state index contributed by atoms with van der Waals surface area (Å²) >= 11 is 0. The Hall–Kier alpha value is -2.62. The molecule has 5 nitrogen and oxygen atoms in total. The van der Waals surface area contributed by atoms with Crippen molar-refractivity contribution in [3.05, 3.63) is 86.2 Å². The number of benzene rings is 1. The van der Waals surface area contributed by atoms with Crippen LogP contribution in [-0.2, 0) is 35.6 Å². The molecule has 1 aliphatic heterocycles. The second-order valence-corrected chi connectivity index (χ2v) is 22.9. The number of aromatic hydroxyl groups is 1. The van der Waals surface area contributed by atoms with E-state index in [9.17, 15) is 9.90 Å². The molecule has 2 aliphatic carbocycles. The Morgan fingerprint density at radius 3 is 1.77 bits per heavy atom. The van der Waals surface area contributed by atoms with Gasteiger partial charge in [-0.15, -0.1) is 0 Å². The van der Waals surface area contributed by atoms with E-state index in [1.54, 1.807) is 0 Å². The third-order valence-electron chi connectivity index (χ3n) is 13.9. The van der Waals surface area contributed by atoms with Gasteiger partial charge in [-0.25, -0.2) is 0 Å². The van der Waals surface area contributed by atoms with E-state index >= 15 is 0 Å². The lowest BCUT2D eigenvalue weighted by Crippen LogP contribution is -2.35. The van der Waals surface area contributed by atoms with E-state index in [0.29, 0.717) is 12.2 Å². The highest BCUT2D eigenvalue weighted by molar-refractivity contribution is 7.42. The Bertz CT molecular complexity index is 1810. The minimum atomic E-state index is -2.14. The molecule has 3 unspecified atom stereocenters. The topological polar surface area (TPSA) is 65.0 Å². The van der Waals surface area contributed by atoms with Gasteiger partial charge in [-0.05, 0) is 111 Å². The fourth-order valence-electron chi connectivity index (χ4n) is 7.99. The van der Waals surface area contributed by atoms with Gasteiger partial charge in [-0.2, -0.15) is 0 Å². The van der Waals surface area contributed by atoms with Crippen molar-refractivity contribution in [2.75, 3.05) is 0 Å². The maximum atomic E-state index is 14.1. The second-order valence-electron chi connectivity index (χ2n) is 21.8. The van der Waals surface area contributed by atoms with E-state index in [1.807, 2.05) is 0 Å². The van der Waals surface area contributed by atoms with E-state index in [1.165, 1.54) is 27.9 Å². The largest absolute Gasteiger partial charge is 0.507 e. The molecule has 0 fully saturated rings. The summed E-state index contributed by atoms with van der Waals surface area (Å²) < 4.78 is 20.7. The molecule has 0 radical (unpaired) electrons. The lowest BCUT2D eigenvalue weighted by molar-refractivity contribution is -0.135. The molecule has 1 N–H and O–H groups in total. The predicted molar refractivity (Wildman–Crippen MR) is 241 cm³/mol. The number of fused-ring (bicyclic) bond motifs is 2. The van der Waals surface area contributed by atoms with E-state index in [2.05, 4.69) is 162 Å². The van der Waals surface area contributed by atoms with Gasteiger partial charge in [0.25, 0.3) is 0 Å². The van der Waals surface area contributed by atoms with Crippen LogP contribution in [0.4, 0.5) is 0 Å². The number of phenolic OH excluding ortho intramolecular Hbond substituents is 1. The lowest BCUT2D eigenvalue weighted by Gasteiger charge is -2.44. The van der Waals surface area contributed by atoms with Crippen LogP contribution >= 0.6 is 8.60 Å². The molecular formula is C51H79O5P. The van der Waals surface area contributed by atoms with Crippen LogP contribution in [0.25, 0.3) is 0 Å². The third-order valence-corrected chi connectivity index (χ3v) is 15.0. The zero-order valence-electron chi connectivity index (χ0n) is 39.5. The fourth-order valence-corrected chi connectivity index (χ4v) is 9.26. The molecule has 318 valence electrons. The van der Waals surface area contributed by atoms with Crippen LogP contribution in [0.2, 0.25) is 0 Å². The second kappa shape index (κ2) is 16.8. The van der Waals surface area contributed by atoms with Crippen LogP contribution in [0.15, 0.2) is 69.6 Å². The summed E-state index contributed by atoms with van der Waals surface area (Å²) in [7, 11) is -2.14. The van der Waals surface area contributed by atoms with Crippen molar-refractivity contribution in [2.45, 2.75) is 193 Å². The van der Waals surface area contributed by atoms with Gasteiger partial charge in [0.05, 0.1) is 0 Å². The van der Waals surface area contributed by atoms with Crippen molar-refractivity contribution < 1.29 is 23.5 Å². The van der Waals surface area contributed by atoms with Gasteiger partial charge in [-0.3, -0.25) is 9.32 Å². The minimum absolute atomic E-state index is 0.0232. The molecule has 0 amide bonds. The first-order valence-corrected chi connectivity index (χ1v) is 23.0. The monoisotopic (exact) mass is 803 g/mol. The summed E-state index contributed by atoms with van der Waals surface area (Å²) in [5.74, 6) is 1.07. The molecule has 1 aromatic rings. The number of allylic oxidation sites excluding steroid dienone is 7. The Balaban J connectivity index is 1.93. The number of phenols is 1. The summed E-state index contributed by atoms with van der Waals surface area (Å²) in [4.78, 5) is 14.1. The van der Waals surface area contributed by atoms with Gasteiger partial charge in [0.15, 0.2) is 0 Å². The van der Waals surface area contributed by atoms with Crippen LogP contribution in [0, 0.1) is 27.6 Å². The number of aryl methyl sites for hydroxylation is 1. The Labute approximate surface area is 349 Å². The molecule has 0 spiro atoms. The van der Waals surface area contributed by atoms with Crippen molar-refractivity contribution in [1.82, 2.24) is 0 Å². The van der Waals surface area contributed by atoms with Gasteiger partial charge in [0, 0.05) is 17.4 Å². The average Bonchev–Trinajstić information content (AvgIpc) is 3.11. The normalized spacial score (nSPS) is 22.7. The highest BCUT2D eigenvalue weighted by atomic mass is 31.2. The summed E-state index contributed by atoms with van der Waals surface area (Å²) in [5, 5.41) is 11.3. The maximum absolute atomic E-state index is 14.1. The molecule has 1 heterocycles. The zero-order chi connectivity index (χ0) is 43.3. The summed E-state index contributed by atoms with van der Waals surface area (Å²) in [6.45, 7) is 42.5. The van der Waals surface area contributed by atoms with Crippen molar-refractivity contribution in [1.29, 1.82) is 0 Å². The quantitative estimate of drug-likeness (QED) is 0.213. The van der Waals surface area contributed by atoms with Gasteiger partial charge >= 0.3 is 14.6 Å². The van der Waals surface area contributed by atoms with Crippen molar-refractivity contribution in [3.8, 4) is 5.75 Å². The predicted octanol–water partition coefficient (Wildman–Crippen LogP) is 15.2. The van der Waals surface area contributed by atoms with Gasteiger partial charge in [-0.1, -0.05) is 167 Å². The first-order chi connectivity index (χ1) is 26.0. The smallest absolute Gasteiger partial charge is 0.465 e. The standard InChI is InChI=1S/C51H79O5P/c1-20-48(12,13)34-26-32(5)42-36-29-35(49(14,15)21-2)31-40(50(16,17)22-3)44(36)55-57(56-45(37(42)30-34)51(18,19)23-4)54-41(52)25-24-33-27-38(46(6,7)8)43(53)39(28-33)47(9,10)11/h27-32,44,53H,20-26H2,1-19H3/b42-36-,45-37?. The van der Waals surface area contributed by atoms with E-state index in [4.69, 9.17) is 13.6 Å². The van der Waals surface area contributed by atoms with Crippen LogP contribution in [0.1, 0.15) is 187 Å². The number of rotatable bonds is 12. The van der Waals surface area contributed by atoms with E-state index in [0.717, 1.165) is 60.1 Å². The number of hydrogen-bond donors (Lipinski definition) is 1. The van der Waals surface area contributed by atoms with Crippen LogP contribution < -0.4 is 0 Å². The summed E-state index contributed by atoms with van der Waals surface area (Å²) in [6.07, 6.45) is 12.2. The number of hydrogen-bond acceptors (Lipinski definition) is 5. The molecule has 0 saturated carbocycles. The van der Waals surface area contributed by atoms with Crippen molar-refractivity contribution in [3.63, 3.8) is 0 Å². The molecular weight excluding hydrogens is 724 g/mol. The highest BCUT2D eigenvalue weighted by Gasteiger charge is 2.46. The molecule has 1 aromatic carbocycles. The number of carbonyl (C=O) groups excluding carboxylic acids is 1. The van der Waals surface area contributed by atoms with Crippen molar-refractivity contribution in [2.24, 2.45) is 27.6 Å². The van der Waals surface area contributed by atoms with Crippen LogP contribution in [0.3, 0.4) is 0 Å². The Morgan fingerprint density at radius 2 is 1.28 bits per heavy atom. The average molecular weight is 803 g/mol. The van der Waals surface area contributed by atoms with E-state index in [-0.39, 0.29) is 50.8 Å². The van der Waals surface area contributed by atoms with E-state index < -0.39 is 14.7 Å². The molecule has 0 aromatic heterocycles. The maximum Gasteiger partial charge on any atom is 0.465 e. The fraction of sp³-hybridized carbons (Fsp3) is 0.667. The molecule has 6 heteroatoms. The van der Waals surface area contributed by atoms with Gasteiger partial charge in [0.1, 0.15) is 17.6 Å². The number of carbonyl (C=O) groups is 1. The molecule has 57 heavy (non-hydrogen) atoms. The van der Waals surface area contributed by atoms with Gasteiger partial charge in [0.2, 0.25) is 0 Å². The Morgan fingerprint density at radius 1 is 0.754 bits per heavy atom. The molecule has 3 aliphatic rings. The highest BCUT2D eigenvalue weighted by Crippen LogP contribution is 2.59. The molecule has 0 saturated heterocycles. The summed E-state index contributed by atoms with van der Waals surface area (Å²) in [6, 6.07) is 4.10. The van der Waals surface area contributed by atoms with Crippen molar-refractivity contribution >= 4 is 14.6 Å². The SMILES string of the molecule is CCC(C)(C)C1=C/C2=C3/C(=C(C(C)(C)CC)OP(OC(=O)CCc4cc(C(C)(C)C)c(O)c(C(C)(C)C)c4)OC2C(C(C)(C)CC)=C1)C=C(C(C)(C)CC)CC3C. The molecule has 3 atom stereocenters. The van der Waals surface area contributed by atoms with Crippen LogP contribution in [0.5, 0.6) is 5.75 Å². The zero-order valence-corrected chi connectivity index (χ0v) is 40.4.